The van der Waals surface area contributed by atoms with Gasteiger partial charge in [-0.3, -0.25) is 0 Å². The second kappa shape index (κ2) is 5.61. The van der Waals surface area contributed by atoms with Gasteiger partial charge in [-0.2, -0.15) is 0 Å². The summed E-state index contributed by atoms with van der Waals surface area (Å²) in [5, 5.41) is 3.19. The smallest absolute Gasteiger partial charge is 0.128 e. The number of benzene rings is 1. The van der Waals surface area contributed by atoms with Crippen molar-refractivity contribution in [2.75, 3.05) is 13.7 Å². The number of ether oxygens (including phenoxy) is 1. The van der Waals surface area contributed by atoms with Crippen molar-refractivity contribution in [2.24, 2.45) is 0 Å². The van der Waals surface area contributed by atoms with E-state index in [1.807, 2.05) is 20.0 Å². The topological polar surface area (TPSA) is 21.3 Å². The van der Waals surface area contributed by atoms with Crippen molar-refractivity contribution in [1.82, 2.24) is 5.32 Å². The van der Waals surface area contributed by atoms with Crippen LogP contribution in [0.5, 0.6) is 0 Å². The van der Waals surface area contributed by atoms with Gasteiger partial charge in [-0.15, -0.1) is 0 Å². The van der Waals surface area contributed by atoms with Crippen molar-refractivity contribution >= 4 is 0 Å². The first-order chi connectivity index (χ1) is 8.22. The van der Waals surface area contributed by atoms with E-state index in [1.165, 1.54) is 6.07 Å². The van der Waals surface area contributed by atoms with Gasteiger partial charge in [0, 0.05) is 12.2 Å². The fourth-order valence-electron chi connectivity index (χ4n) is 2.47. The molecular weight excluding hydrogens is 217 g/mol. The molecule has 1 saturated heterocycles. The molecule has 0 saturated carbocycles. The minimum absolute atomic E-state index is 0.0461. The van der Waals surface area contributed by atoms with E-state index in [4.69, 9.17) is 4.74 Å². The van der Waals surface area contributed by atoms with Gasteiger partial charge in [-0.1, -0.05) is 17.7 Å². The molecule has 0 spiro atoms. The van der Waals surface area contributed by atoms with Crippen LogP contribution in [0.4, 0.5) is 4.39 Å². The summed E-state index contributed by atoms with van der Waals surface area (Å²) in [5.41, 5.74) is 1.80. The molecule has 1 aromatic carbocycles. The van der Waals surface area contributed by atoms with E-state index >= 15 is 0 Å². The number of hydrogen-bond acceptors (Lipinski definition) is 2. The minimum Gasteiger partial charge on any atom is -0.376 e. The van der Waals surface area contributed by atoms with E-state index < -0.39 is 0 Å². The lowest BCUT2D eigenvalue weighted by molar-refractivity contribution is -0.00732. The van der Waals surface area contributed by atoms with Crippen LogP contribution in [-0.2, 0) is 4.74 Å². The Morgan fingerprint density at radius 2 is 2.24 bits per heavy atom. The van der Waals surface area contributed by atoms with Crippen LogP contribution in [0.2, 0.25) is 0 Å². The highest BCUT2D eigenvalue weighted by molar-refractivity contribution is 5.27. The molecule has 2 rings (SSSR count). The average Bonchev–Trinajstić information content (AvgIpc) is 2.36. The highest BCUT2D eigenvalue weighted by Crippen LogP contribution is 2.28. The Morgan fingerprint density at radius 1 is 1.41 bits per heavy atom. The zero-order valence-corrected chi connectivity index (χ0v) is 10.5. The molecule has 17 heavy (non-hydrogen) atoms. The number of likely N-dealkylation sites (N-methyl/N-ethyl adjacent to an activating group) is 1. The van der Waals surface area contributed by atoms with E-state index in [2.05, 4.69) is 5.32 Å². The summed E-state index contributed by atoms with van der Waals surface area (Å²) in [7, 11) is 1.87. The van der Waals surface area contributed by atoms with Crippen LogP contribution in [0.15, 0.2) is 18.2 Å². The number of nitrogens with one attached hydrogen (secondary N) is 1. The van der Waals surface area contributed by atoms with Gasteiger partial charge in [0.2, 0.25) is 0 Å². The fraction of sp³-hybridized carbons (Fsp3) is 0.571. The van der Waals surface area contributed by atoms with Crippen LogP contribution in [-0.4, -0.2) is 19.8 Å². The molecule has 0 aliphatic carbocycles. The van der Waals surface area contributed by atoms with Crippen LogP contribution in [0, 0.1) is 12.7 Å². The molecule has 2 unspecified atom stereocenters. The number of hydrogen-bond donors (Lipinski definition) is 1. The monoisotopic (exact) mass is 237 g/mol. The standard InChI is InChI=1S/C14H20FNO/c1-10-6-7-12(15)11(9-10)14(16-2)13-5-3-4-8-17-13/h6-7,9,13-14,16H,3-5,8H2,1-2H3. The highest BCUT2D eigenvalue weighted by Gasteiger charge is 2.26. The maximum atomic E-state index is 13.9. The zero-order valence-electron chi connectivity index (χ0n) is 10.5. The molecule has 3 heteroatoms. The first-order valence-electron chi connectivity index (χ1n) is 6.27. The Hall–Kier alpha value is -0.930. The molecule has 1 aliphatic rings. The minimum atomic E-state index is -0.149. The first-order valence-corrected chi connectivity index (χ1v) is 6.27. The number of aryl methyl sites for hydroxylation is 1. The Morgan fingerprint density at radius 3 is 2.88 bits per heavy atom. The average molecular weight is 237 g/mol. The van der Waals surface area contributed by atoms with Crippen LogP contribution in [0.1, 0.15) is 36.4 Å². The SMILES string of the molecule is CNC(c1cc(C)ccc1F)C1CCCCO1. The fourth-order valence-corrected chi connectivity index (χ4v) is 2.47. The molecule has 94 valence electrons. The Kier molecular flexibility index (Phi) is 4.13. The third kappa shape index (κ3) is 2.85. The maximum absolute atomic E-state index is 13.9. The molecule has 1 fully saturated rings. The van der Waals surface area contributed by atoms with Crippen LogP contribution >= 0.6 is 0 Å². The van der Waals surface area contributed by atoms with E-state index in [1.54, 1.807) is 6.07 Å². The molecule has 0 amide bonds. The van der Waals surface area contributed by atoms with Gasteiger partial charge in [0.15, 0.2) is 0 Å². The van der Waals surface area contributed by atoms with Gasteiger partial charge < -0.3 is 10.1 Å². The van der Waals surface area contributed by atoms with Gasteiger partial charge in [0.25, 0.3) is 0 Å². The quantitative estimate of drug-likeness (QED) is 0.872. The number of halogens is 1. The lowest BCUT2D eigenvalue weighted by Gasteiger charge is -2.31. The molecule has 0 bridgehead atoms. The Bertz CT molecular complexity index is 374. The van der Waals surface area contributed by atoms with Crippen molar-refractivity contribution < 1.29 is 9.13 Å². The highest BCUT2D eigenvalue weighted by atomic mass is 19.1. The molecule has 1 aromatic rings. The van der Waals surface area contributed by atoms with E-state index in [0.29, 0.717) is 0 Å². The van der Waals surface area contributed by atoms with E-state index in [0.717, 1.165) is 37.0 Å². The third-order valence-electron chi connectivity index (χ3n) is 3.38. The summed E-state index contributed by atoms with van der Waals surface area (Å²) in [5.74, 6) is -0.149. The first kappa shape index (κ1) is 12.5. The van der Waals surface area contributed by atoms with Crippen LogP contribution in [0.3, 0.4) is 0 Å². The summed E-state index contributed by atoms with van der Waals surface area (Å²) in [6.07, 6.45) is 3.36. The van der Waals surface area contributed by atoms with E-state index in [9.17, 15) is 4.39 Å². The van der Waals surface area contributed by atoms with Crippen molar-refractivity contribution in [2.45, 2.75) is 38.3 Å². The van der Waals surface area contributed by atoms with Gasteiger partial charge >= 0.3 is 0 Å². The Labute approximate surface area is 102 Å². The van der Waals surface area contributed by atoms with Gasteiger partial charge in [0.05, 0.1) is 12.1 Å². The molecule has 0 radical (unpaired) electrons. The van der Waals surface area contributed by atoms with Crippen molar-refractivity contribution in [3.8, 4) is 0 Å². The molecule has 1 heterocycles. The molecule has 2 nitrogen and oxygen atoms in total. The van der Waals surface area contributed by atoms with Crippen molar-refractivity contribution in [3.63, 3.8) is 0 Å². The predicted octanol–water partition coefficient (Wildman–Crippen LogP) is 2.96. The summed E-state index contributed by atoms with van der Waals surface area (Å²) in [6, 6.07) is 5.20. The summed E-state index contributed by atoms with van der Waals surface area (Å²) < 4.78 is 19.6. The summed E-state index contributed by atoms with van der Waals surface area (Å²) >= 11 is 0. The molecule has 0 aromatic heterocycles. The maximum Gasteiger partial charge on any atom is 0.128 e. The Balaban J connectivity index is 2.24. The van der Waals surface area contributed by atoms with Gasteiger partial charge in [0.1, 0.15) is 5.82 Å². The second-order valence-electron chi connectivity index (χ2n) is 4.70. The van der Waals surface area contributed by atoms with Crippen molar-refractivity contribution in [3.05, 3.63) is 35.1 Å². The second-order valence-corrected chi connectivity index (χ2v) is 4.70. The van der Waals surface area contributed by atoms with Crippen LogP contribution in [0.25, 0.3) is 0 Å². The molecular formula is C14H20FNO. The summed E-state index contributed by atoms with van der Waals surface area (Å²) in [6.45, 7) is 2.77. The van der Waals surface area contributed by atoms with E-state index in [-0.39, 0.29) is 18.0 Å². The number of rotatable bonds is 3. The predicted molar refractivity (Wildman–Crippen MR) is 66.5 cm³/mol. The normalized spacial score (nSPS) is 22.4. The largest absolute Gasteiger partial charge is 0.376 e. The molecule has 1 aliphatic heterocycles. The molecule has 2 atom stereocenters. The molecule has 1 N–H and O–H groups in total. The van der Waals surface area contributed by atoms with Gasteiger partial charge in [-0.25, -0.2) is 4.39 Å². The van der Waals surface area contributed by atoms with Gasteiger partial charge in [-0.05, 0) is 39.3 Å². The van der Waals surface area contributed by atoms with Crippen molar-refractivity contribution in [1.29, 1.82) is 0 Å². The zero-order chi connectivity index (χ0) is 12.3. The van der Waals surface area contributed by atoms with Crippen LogP contribution < -0.4 is 5.32 Å². The third-order valence-corrected chi connectivity index (χ3v) is 3.38. The lowest BCUT2D eigenvalue weighted by atomic mass is 9.94. The lowest BCUT2D eigenvalue weighted by Crippen LogP contribution is -2.34. The summed E-state index contributed by atoms with van der Waals surface area (Å²) in [4.78, 5) is 0.